The van der Waals surface area contributed by atoms with Crippen LogP contribution in [-0.2, 0) is 6.54 Å². The summed E-state index contributed by atoms with van der Waals surface area (Å²) in [6, 6.07) is 6.36. The van der Waals surface area contributed by atoms with Crippen molar-refractivity contribution in [3.05, 3.63) is 51.5 Å². The fraction of sp³-hybridized carbons (Fsp3) is 0.357. The first-order valence-corrected chi connectivity index (χ1v) is 7.05. The fourth-order valence-corrected chi connectivity index (χ4v) is 2.85. The first-order valence-electron chi connectivity index (χ1n) is 6.17. The number of hydrogen-bond donors (Lipinski definition) is 1. The van der Waals surface area contributed by atoms with Gasteiger partial charge in [-0.05, 0) is 31.5 Å². The minimum atomic E-state index is -0.238. The highest BCUT2D eigenvalue weighted by Gasteiger charge is 2.06. The maximum atomic E-state index is 12.9. The predicted octanol–water partition coefficient (Wildman–Crippen LogP) is 2.65. The molecule has 2 aromatic rings. The van der Waals surface area contributed by atoms with Gasteiger partial charge < -0.3 is 9.67 Å². The van der Waals surface area contributed by atoms with Gasteiger partial charge in [-0.3, -0.25) is 4.99 Å². The number of aryl methyl sites for hydroxylation is 1. The Hall–Kier alpha value is -1.46. The predicted molar refractivity (Wildman–Crippen MR) is 74.5 cm³/mol. The van der Waals surface area contributed by atoms with Crippen LogP contribution in [0.4, 0.5) is 4.39 Å². The van der Waals surface area contributed by atoms with Gasteiger partial charge in [0, 0.05) is 17.6 Å². The van der Waals surface area contributed by atoms with Crippen LogP contribution in [0.25, 0.3) is 0 Å². The molecule has 0 radical (unpaired) electrons. The van der Waals surface area contributed by atoms with E-state index in [1.165, 1.54) is 12.1 Å². The van der Waals surface area contributed by atoms with Crippen LogP contribution in [0.15, 0.2) is 34.6 Å². The topological polar surface area (TPSA) is 37.5 Å². The molecule has 0 saturated heterocycles. The first-order chi connectivity index (χ1) is 9.11. The standard InChI is InChI=1S/C14H17FN2OS/c1-10-9-19-14(17(10)7-8-18)16-11(2)12-3-5-13(15)6-4-12/h3-6,9,11,18H,7-8H2,1-2H3/t11-/m0/s1. The molecule has 1 heterocycles. The van der Waals surface area contributed by atoms with E-state index < -0.39 is 0 Å². The Morgan fingerprint density at radius 3 is 2.68 bits per heavy atom. The third-order valence-electron chi connectivity index (χ3n) is 2.97. The van der Waals surface area contributed by atoms with Crippen molar-refractivity contribution in [3.8, 4) is 0 Å². The van der Waals surface area contributed by atoms with E-state index in [1.807, 2.05) is 23.8 Å². The van der Waals surface area contributed by atoms with E-state index in [2.05, 4.69) is 4.99 Å². The van der Waals surface area contributed by atoms with Crippen molar-refractivity contribution in [2.75, 3.05) is 6.61 Å². The molecule has 3 nitrogen and oxygen atoms in total. The van der Waals surface area contributed by atoms with Crippen LogP contribution in [0, 0.1) is 12.7 Å². The lowest BCUT2D eigenvalue weighted by molar-refractivity contribution is 0.273. The Morgan fingerprint density at radius 1 is 1.37 bits per heavy atom. The van der Waals surface area contributed by atoms with E-state index in [0.717, 1.165) is 16.1 Å². The average molecular weight is 280 g/mol. The molecule has 0 spiro atoms. The van der Waals surface area contributed by atoms with Gasteiger partial charge in [0.15, 0.2) is 4.80 Å². The van der Waals surface area contributed by atoms with Crippen LogP contribution in [0.2, 0.25) is 0 Å². The number of nitrogens with zero attached hydrogens (tertiary/aromatic N) is 2. The molecule has 1 N–H and O–H groups in total. The SMILES string of the molecule is Cc1csc(=N[C@@H](C)c2ccc(F)cc2)n1CCO. The molecule has 2 rings (SSSR count). The van der Waals surface area contributed by atoms with Crippen molar-refractivity contribution in [2.45, 2.75) is 26.4 Å². The molecule has 19 heavy (non-hydrogen) atoms. The number of aliphatic hydroxyl groups excluding tert-OH is 1. The van der Waals surface area contributed by atoms with E-state index in [9.17, 15) is 4.39 Å². The first kappa shape index (κ1) is 14.0. The van der Waals surface area contributed by atoms with Crippen LogP contribution >= 0.6 is 11.3 Å². The average Bonchev–Trinajstić information content (AvgIpc) is 2.73. The number of aliphatic hydroxyl groups is 1. The largest absolute Gasteiger partial charge is 0.395 e. The van der Waals surface area contributed by atoms with Gasteiger partial charge in [-0.1, -0.05) is 12.1 Å². The molecule has 0 bridgehead atoms. The summed E-state index contributed by atoms with van der Waals surface area (Å²) in [6.45, 7) is 4.61. The summed E-state index contributed by atoms with van der Waals surface area (Å²) in [5, 5.41) is 11.1. The van der Waals surface area contributed by atoms with Crippen molar-refractivity contribution in [2.24, 2.45) is 4.99 Å². The third kappa shape index (κ3) is 3.30. The van der Waals surface area contributed by atoms with E-state index in [4.69, 9.17) is 5.11 Å². The number of halogens is 1. The van der Waals surface area contributed by atoms with Gasteiger partial charge >= 0.3 is 0 Å². The van der Waals surface area contributed by atoms with Crippen molar-refractivity contribution in [1.29, 1.82) is 0 Å². The van der Waals surface area contributed by atoms with Gasteiger partial charge in [0.1, 0.15) is 5.82 Å². The lowest BCUT2D eigenvalue weighted by Gasteiger charge is -2.07. The minimum Gasteiger partial charge on any atom is -0.395 e. The second-order valence-electron chi connectivity index (χ2n) is 4.39. The third-order valence-corrected chi connectivity index (χ3v) is 3.97. The van der Waals surface area contributed by atoms with E-state index in [-0.39, 0.29) is 18.5 Å². The second-order valence-corrected chi connectivity index (χ2v) is 5.23. The molecule has 1 aromatic carbocycles. The van der Waals surface area contributed by atoms with Gasteiger partial charge in [-0.25, -0.2) is 4.39 Å². The Labute approximate surface area is 115 Å². The Morgan fingerprint density at radius 2 is 2.05 bits per heavy atom. The second kappa shape index (κ2) is 6.12. The van der Waals surface area contributed by atoms with Gasteiger partial charge in [0.05, 0.1) is 12.6 Å². The summed E-state index contributed by atoms with van der Waals surface area (Å²) in [6.07, 6.45) is 0. The maximum absolute atomic E-state index is 12.9. The Kier molecular flexibility index (Phi) is 4.50. The van der Waals surface area contributed by atoms with Crippen LogP contribution in [0.3, 0.4) is 0 Å². The molecule has 0 aliphatic rings. The van der Waals surface area contributed by atoms with Crippen LogP contribution in [0.5, 0.6) is 0 Å². The van der Waals surface area contributed by atoms with Gasteiger partial charge in [-0.2, -0.15) is 0 Å². The molecule has 0 amide bonds. The number of benzene rings is 1. The monoisotopic (exact) mass is 280 g/mol. The number of rotatable bonds is 4. The van der Waals surface area contributed by atoms with Crippen molar-refractivity contribution in [1.82, 2.24) is 4.57 Å². The minimum absolute atomic E-state index is 0.0383. The normalized spacial score (nSPS) is 13.8. The summed E-state index contributed by atoms with van der Waals surface area (Å²) in [4.78, 5) is 5.52. The molecule has 0 aliphatic carbocycles. The maximum Gasteiger partial charge on any atom is 0.185 e. The molecule has 5 heteroatoms. The molecule has 0 saturated carbocycles. The molecule has 0 aliphatic heterocycles. The molecular weight excluding hydrogens is 263 g/mol. The van der Waals surface area contributed by atoms with Crippen molar-refractivity contribution >= 4 is 11.3 Å². The highest BCUT2D eigenvalue weighted by atomic mass is 32.1. The molecule has 1 atom stereocenters. The van der Waals surface area contributed by atoms with E-state index in [1.54, 1.807) is 23.5 Å². The number of thiazole rings is 1. The molecule has 1 aromatic heterocycles. The number of hydrogen-bond acceptors (Lipinski definition) is 3. The smallest absolute Gasteiger partial charge is 0.185 e. The van der Waals surface area contributed by atoms with Crippen LogP contribution in [-0.4, -0.2) is 16.3 Å². The Balaban J connectivity index is 2.32. The zero-order valence-electron chi connectivity index (χ0n) is 11.0. The number of aromatic nitrogens is 1. The zero-order chi connectivity index (χ0) is 13.8. The molecule has 0 unspecified atom stereocenters. The summed E-state index contributed by atoms with van der Waals surface area (Å²) in [5.74, 6) is -0.238. The van der Waals surface area contributed by atoms with E-state index in [0.29, 0.717) is 6.54 Å². The van der Waals surface area contributed by atoms with Crippen molar-refractivity contribution < 1.29 is 9.50 Å². The van der Waals surface area contributed by atoms with Gasteiger partial charge in [0.25, 0.3) is 0 Å². The zero-order valence-corrected chi connectivity index (χ0v) is 11.8. The molecule has 0 fully saturated rings. The fourth-order valence-electron chi connectivity index (χ4n) is 1.87. The van der Waals surface area contributed by atoms with Gasteiger partial charge in [0.2, 0.25) is 0 Å². The summed E-state index contributed by atoms with van der Waals surface area (Å²) < 4.78 is 14.9. The molecular formula is C14H17FN2OS. The lowest BCUT2D eigenvalue weighted by atomic mass is 10.1. The summed E-state index contributed by atoms with van der Waals surface area (Å²) in [7, 11) is 0. The van der Waals surface area contributed by atoms with E-state index >= 15 is 0 Å². The van der Waals surface area contributed by atoms with Crippen LogP contribution < -0.4 is 4.80 Å². The highest BCUT2D eigenvalue weighted by Crippen LogP contribution is 2.16. The summed E-state index contributed by atoms with van der Waals surface area (Å²) >= 11 is 1.55. The van der Waals surface area contributed by atoms with Crippen LogP contribution in [0.1, 0.15) is 24.2 Å². The van der Waals surface area contributed by atoms with Crippen molar-refractivity contribution in [3.63, 3.8) is 0 Å². The summed E-state index contributed by atoms with van der Waals surface area (Å²) in [5.41, 5.74) is 2.06. The molecule has 102 valence electrons. The highest BCUT2D eigenvalue weighted by molar-refractivity contribution is 7.07. The quantitative estimate of drug-likeness (QED) is 0.918. The Bertz CT molecular complexity index is 601. The van der Waals surface area contributed by atoms with Gasteiger partial charge in [-0.15, -0.1) is 11.3 Å². The lowest BCUT2D eigenvalue weighted by Crippen LogP contribution is -2.19.